The van der Waals surface area contributed by atoms with E-state index in [0.717, 1.165) is 0 Å². The number of hydrogen-bond donors (Lipinski definition) is 1. The Hall–Kier alpha value is -2.47. The molecule has 18 heavy (non-hydrogen) atoms. The van der Waals surface area contributed by atoms with Crippen LogP contribution in [-0.2, 0) is 6.61 Å². The van der Waals surface area contributed by atoms with Gasteiger partial charge in [0.1, 0.15) is 5.76 Å². The van der Waals surface area contributed by atoms with E-state index in [-0.39, 0.29) is 18.1 Å². The molecule has 6 heteroatoms. The quantitative estimate of drug-likeness (QED) is 0.507. The fourth-order valence-electron chi connectivity index (χ4n) is 1.56. The molecular weight excluding hydrogens is 238 g/mol. The predicted molar refractivity (Wildman–Crippen MR) is 62.1 cm³/mol. The number of aliphatic hydroxyl groups excluding tert-OH is 1. The summed E-state index contributed by atoms with van der Waals surface area (Å²) in [6, 6.07) is 7.26. The molecule has 1 N–H and O–H groups in total. The number of benzene rings is 1. The Morgan fingerprint density at radius 2 is 2.00 bits per heavy atom. The topological polar surface area (TPSA) is 93.6 Å². The largest absolute Gasteiger partial charge is 0.453 e. The van der Waals surface area contributed by atoms with Crippen molar-refractivity contribution < 1.29 is 19.2 Å². The molecule has 1 aromatic heterocycles. The zero-order valence-electron chi connectivity index (χ0n) is 9.20. The first-order valence-electron chi connectivity index (χ1n) is 5.09. The van der Waals surface area contributed by atoms with Crippen LogP contribution in [0.3, 0.4) is 0 Å². The second kappa shape index (κ2) is 4.80. The summed E-state index contributed by atoms with van der Waals surface area (Å²) in [4.78, 5) is 20.7. The van der Waals surface area contributed by atoms with Crippen molar-refractivity contribution in [2.75, 3.05) is 0 Å². The lowest BCUT2D eigenvalue weighted by Crippen LogP contribution is -1.86. The van der Waals surface area contributed by atoms with Gasteiger partial charge in [0, 0.05) is 23.3 Å². The summed E-state index contributed by atoms with van der Waals surface area (Å²) in [5, 5.41) is 19.5. The van der Waals surface area contributed by atoms with Crippen molar-refractivity contribution >= 4 is 12.0 Å². The zero-order valence-corrected chi connectivity index (χ0v) is 9.20. The molecule has 0 atom stereocenters. The summed E-state index contributed by atoms with van der Waals surface area (Å²) in [6.07, 6.45) is 0.514. The maximum Gasteiger partial charge on any atom is 0.269 e. The number of nitro benzene ring substituents is 1. The van der Waals surface area contributed by atoms with E-state index in [4.69, 9.17) is 9.52 Å². The zero-order chi connectivity index (χ0) is 13.1. The summed E-state index contributed by atoms with van der Waals surface area (Å²) in [5.74, 6) is 0.446. The first-order chi connectivity index (χ1) is 8.65. The van der Waals surface area contributed by atoms with Gasteiger partial charge >= 0.3 is 0 Å². The van der Waals surface area contributed by atoms with Gasteiger partial charge in [-0.15, -0.1) is 0 Å². The average molecular weight is 247 g/mol. The molecular formula is C12H9NO5. The molecule has 6 nitrogen and oxygen atoms in total. The molecule has 2 aromatic rings. The van der Waals surface area contributed by atoms with Gasteiger partial charge in [0.2, 0.25) is 0 Å². The van der Waals surface area contributed by atoms with E-state index in [1.54, 1.807) is 0 Å². The number of furan rings is 1. The van der Waals surface area contributed by atoms with Gasteiger partial charge in [-0.2, -0.15) is 0 Å². The van der Waals surface area contributed by atoms with Gasteiger partial charge in [0.15, 0.2) is 12.0 Å². The number of aliphatic hydroxyl groups is 1. The van der Waals surface area contributed by atoms with E-state index >= 15 is 0 Å². The van der Waals surface area contributed by atoms with Crippen LogP contribution in [0.4, 0.5) is 5.69 Å². The van der Waals surface area contributed by atoms with Crippen molar-refractivity contribution in [2.24, 2.45) is 0 Å². The first-order valence-corrected chi connectivity index (χ1v) is 5.09. The third kappa shape index (κ3) is 2.14. The fraction of sp³-hybridized carbons (Fsp3) is 0.0833. The highest BCUT2D eigenvalue weighted by atomic mass is 16.6. The molecule has 0 aliphatic heterocycles. The van der Waals surface area contributed by atoms with Crippen molar-refractivity contribution in [2.45, 2.75) is 6.61 Å². The highest BCUT2D eigenvalue weighted by Crippen LogP contribution is 2.26. The third-order valence-electron chi connectivity index (χ3n) is 2.48. The average Bonchev–Trinajstić information content (AvgIpc) is 2.82. The second-order valence-corrected chi connectivity index (χ2v) is 3.58. The Bertz CT molecular complexity index is 585. The molecule has 0 saturated carbocycles. The monoisotopic (exact) mass is 247 g/mol. The Balaban J connectivity index is 2.39. The maximum absolute atomic E-state index is 10.7. The number of carbonyl (C=O) groups excluding carboxylic acids is 1. The second-order valence-electron chi connectivity index (χ2n) is 3.58. The minimum Gasteiger partial charge on any atom is -0.453 e. The highest BCUT2D eigenvalue weighted by Gasteiger charge is 2.12. The van der Waals surface area contributed by atoms with Gasteiger partial charge in [0.25, 0.3) is 5.69 Å². The summed E-state index contributed by atoms with van der Waals surface area (Å²) >= 11 is 0. The number of nitrogens with zero attached hydrogens (tertiary/aromatic N) is 1. The van der Waals surface area contributed by atoms with Crippen LogP contribution >= 0.6 is 0 Å². The summed E-state index contributed by atoms with van der Waals surface area (Å²) in [7, 11) is 0. The van der Waals surface area contributed by atoms with Crippen molar-refractivity contribution in [3.63, 3.8) is 0 Å². The lowest BCUT2D eigenvalue weighted by Gasteiger charge is -1.95. The van der Waals surface area contributed by atoms with Gasteiger partial charge in [0.05, 0.1) is 11.5 Å². The normalized spacial score (nSPS) is 10.3. The van der Waals surface area contributed by atoms with Gasteiger partial charge in [-0.3, -0.25) is 14.9 Å². The molecule has 0 spiro atoms. The van der Waals surface area contributed by atoms with Crippen molar-refractivity contribution in [3.8, 4) is 11.3 Å². The van der Waals surface area contributed by atoms with Gasteiger partial charge in [-0.1, -0.05) is 0 Å². The lowest BCUT2D eigenvalue weighted by molar-refractivity contribution is -0.384. The smallest absolute Gasteiger partial charge is 0.269 e. The maximum atomic E-state index is 10.7. The van der Waals surface area contributed by atoms with Crippen LogP contribution in [0.1, 0.15) is 16.1 Å². The van der Waals surface area contributed by atoms with Crippen LogP contribution in [0.15, 0.2) is 34.7 Å². The van der Waals surface area contributed by atoms with E-state index in [1.807, 2.05) is 0 Å². The van der Waals surface area contributed by atoms with Crippen molar-refractivity contribution in [1.82, 2.24) is 0 Å². The van der Waals surface area contributed by atoms with E-state index < -0.39 is 4.92 Å². The highest BCUT2D eigenvalue weighted by molar-refractivity contribution is 5.75. The number of carbonyl (C=O) groups is 1. The van der Waals surface area contributed by atoms with Gasteiger partial charge in [-0.05, 0) is 18.2 Å². The summed E-state index contributed by atoms with van der Waals surface area (Å²) in [5.41, 5.74) is 0.963. The van der Waals surface area contributed by atoms with Crippen LogP contribution in [0.2, 0.25) is 0 Å². The molecule has 0 amide bonds. The number of hydrogen-bond acceptors (Lipinski definition) is 5. The van der Waals surface area contributed by atoms with E-state index in [9.17, 15) is 14.9 Å². The van der Waals surface area contributed by atoms with Crippen molar-refractivity contribution in [1.29, 1.82) is 0 Å². The minimum atomic E-state index is -0.498. The molecule has 0 aliphatic rings. The fourth-order valence-corrected chi connectivity index (χ4v) is 1.56. The Morgan fingerprint density at radius 3 is 2.44 bits per heavy atom. The van der Waals surface area contributed by atoms with Crippen molar-refractivity contribution in [3.05, 3.63) is 51.8 Å². The van der Waals surface area contributed by atoms with E-state index in [2.05, 4.69) is 0 Å². The SMILES string of the molecule is O=Cc1oc(-c2ccc([N+](=O)[O-])cc2)cc1CO. The Morgan fingerprint density at radius 1 is 1.33 bits per heavy atom. The molecule has 1 aromatic carbocycles. The molecule has 0 bridgehead atoms. The number of rotatable bonds is 4. The van der Waals surface area contributed by atoms with Crippen LogP contribution in [0, 0.1) is 10.1 Å². The molecule has 0 saturated heterocycles. The molecule has 0 fully saturated rings. The van der Waals surface area contributed by atoms with Crippen LogP contribution in [-0.4, -0.2) is 16.3 Å². The van der Waals surface area contributed by atoms with Crippen LogP contribution < -0.4 is 0 Å². The molecule has 1 heterocycles. The number of nitro groups is 1. The van der Waals surface area contributed by atoms with E-state index in [1.165, 1.54) is 30.3 Å². The molecule has 0 aliphatic carbocycles. The van der Waals surface area contributed by atoms with E-state index in [0.29, 0.717) is 23.2 Å². The molecule has 2 rings (SSSR count). The van der Waals surface area contributed by atoms with Gasteiger partial charge < -0.3 is 9.52 Å². The standard InChI is InChI=1S/C12H9NO5/c14-6-9-5-11(18-12(9)7-15)8-1-3-10(4-2-8)13(16)17/h1-5,7,14H,6H2. The third-order valence-corrected chi connectivity index (χ3v) is 2.48. The number of aldehydes is 1. The molecule has 0 radical (unpaired) electrons. The summed E-state index contributed by atoms with van der Waals surface area (Å²) in [6.45, 7) is -0.301. The minimum absolute atomic E-state index is 0.0247. The lowest BCUT2D eigenvalue weighted by atomic mass is 10.1. The number of non-ortho nitro benzene ring substituents is 1. The molecule has 0 unspecified atom stereocenters. The predicted octanol–water partition coefficient (Wildman–Crippen LogP) is 2.16. The first kappa shape index (κ1) is 12.0. The van der Waals surface area contributed by atoms with Gasteiger partial charge in [-0.25, -0.2) is 0 Å². The molecule has 92 valence electrons. The van der Waals surface area contributed by atoms with Crippen LogP contribution in [0.5, 0.6) is 0 Å². The Kier molecular flexibility index (Phi) is 3.20. The van der Waals surface area contributed by atoms with Crippen LogP contribution in [0.25, 0.3) is 11.3 Å². The Labute approximate surface area is 102 Å². The summed E-state index contributed by atoms with van der Waals surface area (Å²) < 4.78 is 5.24.